The van der Waals surface area contributed by atoms with Crippen molar-refractivity contribution in [1.82, 2.24) is 14.9 Å². The molecular weight excluding hydrogens is 240 g/mol. The molecule has 0 saturated carbocycles. The van der Waals surface area contributed by atoms with Crippen LogP contribution in [0.5, 0.6) is 0 Å². The van der Waals surface area contributed by atoms with Gasteiger partial charge in [0.15, 0.2) is 0 Å². The highest BCUT2D eigenvalue weighted by Crippen LogP contribution is 2.25. The van der Waals surface area contributed by atoms with E-state index in [0.29, 0.717) is 5.91 Å². The Balaban J connectivity index is 1.58. The highest BCUT2D eigenvalue weighted by molar-refractivity contribution is 5.82. The summed E-state index contributed by atoms with van der Waals surface area (Å²) in [6.07, 6.45) is 4.85. The van der Waals surface area contributed by atoms with Crippen molar-refractivity contribution < 1.29 is 4.79 Å². The number of amides is 1. The van der Waals surface area contributed by atoms with E-state index in [0.717, 1.165) is 57.0 Å². The largest absolute Gasteiger partial charge is 0.355 e. The van der Waals surface area contributed by atoms with Gasteiger partial charge in [0, 0.05) is 37.9 Å². The van der Waals surface area contributed by atoms with Crippen molar-refractivity contribution in [3.8, 4) is 0 Å². The van der Waals surface area contributed by atoms with Crippen LogP contribution in [0.3, 0.4) is 0 Å². The highest BCUT2D eigenvalue weighted by atomic mass is 16.2. The fourth-order valence-corrected chi connectivity index (χ4v) is 2.77. The Morgan fingerprint density at radius 3 is 2.74 bits per heavy atom. The number of aromatic nitrogens is 2. The average molecular weight is 260 g/mol. The molecule has 0 spiro atoms. The molecule has 0 atom stereocenters. The quantitative estimate of drug-likeness (QED) is 0.816. The van der Waals surface area contributed by atoms with Crippen LogP contribution in [-0.4, -0.2) is 47.0 Å². The van der Waals surface area contributed by atoms with Crippen LogP contribution in [-0.2, 0) is 11.2 Å². The number of rotatable bonds is 3. The topological polar surface area (TPSA) is 49.3 Å². The minimum atomic E-state index is 0.165. The second-order valence-corrected chi connectivity index (χ2v) is 5.36. The van der Waals surface area contributed by atoms with Crippen molar-refractivity contribution in [2.75, 3.05) is 31.1 Å². The summed E-state index contributed by atoms with van der Waals surface area (Å²) in [6, 6.07) is 2.02. The van der Waals surface area contributed by atoms with Crippen molar-refractivity contribution >= 4 is 11.7 Å². The van der Waals surface area contributed by atoms with E-state index in [9.17, 15) is 4.79 Å². The van der Waals surface area contributed by atoms with Gasteiger partial charge >= 0.3 is 0 Å². The lowest BCUT2D eigenvalue weighted by Gasteiger charge is -2.40. The van der Waals surface area contributed by atoms with Crippen molar-refractivity contribution in [2.45, 2.75) is 26.2 Å². The van der Waals surface area contributed by atoms with Gasteiger partial charge in [0.25, 0.3) is 0 Å². The second kappa shape index (κ2) is 5.15. The first-order chi connectivity index (χ1) is 9.28. The molecule has 3 rings (SSSR count). The number of carbonyl (C=O) groups excluding carboxylic acids is 1. The number of aryl methyl sites for hydroxylation is 1. The lowest BCUT2D eigenvalue weighted by Crippen LogP contribution is -2.54. The number of hydrogen-bond donors (Lipinski definition) is 0. The van der Waals surface area contributed by atoms with Gasteiger partial charge in [-0.15, -0.1) is 0 Å². The summed E-state index contributed by atoms with van der Waals surface area (Å²) in [5.74, 6) is 1.45. The fraction of sp³-hybridized carbons (Fsp3) is 0.643. The van der Waals surface area contributed by atoms with E-state index >= 15 is 0 Å². The first-order valence-electron chi connectivity index (χ1n) is 7.12. The molecule has 2 fully saturated rings. The molecule has 0 aliphatic carbocycles. The highest BCUT2D eigenvalue weighted by Gasteiger charge is 2.36. The standard InChI is InChI=1S/C14H20N4O/c1-2-12-7-13(16-10-15-12)18-8-11(9-18)14(19)17-5-3-4-6-17/h7,10-11H,2-6,8-9H2,1H3. The van der Waals surface area contributed by atoms with Gasteiger partial charge in [-0.05, 0) is 19.3 Å². The summed E-state index contributed by atoms with van der Waals surface area (Å²) >= 11 is 0. The molecule has 3 heterocycles. The maximum absolute atomic E-state index is 12.2. The first-order valence-corrected chi connectivity index (χ1v) is 7.12. The van der Waals surface area contributed by atoms with E-state index in [1.54, 1.807) is 6.33 Å². The fourth-order valence-electron chi connectivity index (χ4n) is 2.77. The van der Waals surface area contributed by atoms with E-state index in [1.165, 1.54) is 0 Å². The van der Waals surface area contributed by atoms with Gasteiger partial charge in [0.05, 0.1) is 5.92 Å². The van der Waals surface area contributed by atoms with Gasteiger partial charge in [-0.3, -0.25) is 4.79 Å². The molecule has 5 nitrogen and oxygen atoms in total. The predicted molar refractivity (Wildman–Crippen MR) is 72.9 cm³/mol. The average Bonchev–Trinajstić information content (AvgIpc) is 2.91. The lowest BCUT2D eigenvalue weighted by atomic mass is 9.98. The molecule has 2 saturated heterocycles. The molecule has 19 heavy (non-hydrogen) atoms. The van der Waals surface area contributed by atoms with E-state index < -0.39 is 0 Å². The molecule has 0 radical (unpaired) electrons. The summed E-state index contributed by atoms with van der Waals surface area (Å²) in [5.41, 5.74) is 1.05. The predicted octanol–water partition coefficient (Wildman–Crippen LogP) is 1.10. The summed E-state index contributed by atoms with van der Waals surface area (Å²) in [6.45, 7) is 5.58. The Bertz CT molecular complexity index is 464. The molecule has 102 valence electrons. The maximum Gasteiger partial charge on any atom is 0.229 e. The molecular formula is C14H20N4O. The van der Waals surface area contributed by atoms with Crippen LogP contribution in [0.1, 0.15) is 25.5 Å². The third-order valence-corrected chi connectivity index (χ3v) is 4.04. The van der Waals surface area contributed by atoms with Gasteiger partial charge in [-0.1, -0.05) is 6.92 Å². The van der Waals surface area contributed by atoms with Crippen LogP contribution in [0, 0.1) is 5.92 Å². The summed E-state index contributed by atoms with van der Waals surface area (Å²) < 4.78 is 0. The van der Waals surface area contributed by atoms with Crippen LogP contribution >= 0.6 is 0 Å². The maximum atomic E-state index is 12.2. The van der Waals surface area contributed by atoms with Crippen LogP contribution in [0.2, 0.25) is 0 Å². The molecule has 0 unspecified atom stereocenters. The lowest BCUT2D eigenvalue weighted by molar-refractivity contribution is -0.135. The van der Waals surface area contributed by atoms with Crippen molar-refractivity contribution in [3.05, 3.63) is 18.1 Å². The summed E-state index contributed by atoms with van der Waals surface area (Å²) in [4.78, 5) is 24.9. The van der Waals surface area contributed by atoms with Gasteiger partial charge in [0.2, 0.25) is 5.91 Å². The van der Waals surface area contributed by atoms with Crippen LogP contribution < -0.4 is 4.90 Å². The zero-order valence-electron chi connectivity index (χ0n) is 11.4. The first kappa shape index (κ1) is 12.4. The SMILES string of the molecule is CCc1cc(N2CC(C(=O)N3CCCC3)C2)ncn1. The van der Waals surface area contributed by atoms with Crippen LogP contribution in [0.4, 0.5) is 5.82 Å². The number of hydrogen-bond acceptors (Lipinski definition) is 4. The minimum absolute atomic E-state index is 0.165. The zero-order valence-corrected chi connectivity index (χ0v) is 11.4. The molecule has 0 N–H and O–H groups in total. The number of carbonyl (C=O) groups is 1. The van der Waals surface area contributed by atoms with Crippen LogP contribution in [0.15, 0.2) is 12.4 Å². The monoisotopic (exact) mass is 260 g/mol. The Kier molecular flexibility index (Phi) is 3.36. The van der Waals surface area contributed by atoms with E-state index in [-0.39, 0.29) is 5.92 Å². The molecule has 5 heteroatoms. The summed E-state index contributed by atoms with van der Waals surface area (Å²) in [7, 11) is 0. The van der Waals surface area contributed by atoms with E-state index in [1.807, 2.05) is 11.0 Å². The third kappa shape index (κ3) is 2.41. The molecule has 2 aliphatic heterocycles. The van der Waals surface area contributed by atoms with E-state index in [4.69, 9.17) is 0 Å². The minimum Gasteiger partial charge on any atom is -0.355 e. The molecule has 1 aromatic rings. The normalized spacial score (nSPS) is 19.6. The Labute approximate surface area is 113 Å². The Morgan fingerprint density at radius 1 is 1.32 bits per heavy atom. The van der Waals surface area contributed by atoms with Gasteiger partial charge in [-0.25, -0.2) is 9.97 Å². The molecule has 1 amide bonds. The van der Waals surface area contributed by atoms with Crippen molar-refractivity contribution in [3.63, 3.8) is 0 Å². The Hall–Kier alpha value is -1.65. The molecule has 1 aromatic heterocycles. The van der Waals surface area contributed by atoms with Crippen molar-refractivity contribution in [2.24, 2.45) is 5.92 Å². The van der Waals surface area contributed by atoms with Gasteiger partial charge in [-0.2, -0.15) is 0 Å². The zero-order chi connectivity index (χ0) is 13.2. The molecule has 0 aromatic carbocycles. The van der Waals surface area contributed by atoms with Crippen LogP contribution in [0.25, 0.3) is 0 Å². The van der Waals surface area contributed by atoms with E-state index in [2.05, 4.69) is 21.8 Å². The Morgan fingerprint density at radius 2 is 2.05 bits per heavy atom. The third-order valence-electron chi connectivity index (χ3n) is 4.04. The smallest absolute Gasteiger partial charge is 0.229 e. The number of nitrogens with zero attached hydrogens (tertiary/aromatic N) is 4. The number of anilines is 1. The van der Waals surface area contributed by atoms with Gasteiger partial charge < -0.3 is 9.80 Å². The molecule has 2 aliphatic rings. The number of likely N-dealkylation sites (tertiary alicyclic amines) is 1. The molecule has 0 bridgehead atoms. The second-order valence-electron chi connectivity index (χ2n) is 5.36. The summed E-state index contributed by atoms with van der Waals surface area (Å²) in [5, 5.41) is 0. The van der Waals surface area contributed by atoms with Crippen molar-refractivity contribution in [1.29, 1.82) is 0 Å². The van der Waals surface area contributed by atoms with Gasteiger partial charge in [0.1, 0.15) is 12.1 Å².